The zero-order chi connectivity index (χ0) is 13.3. The average molecular weight is 255 g/mol. The second-order valence-electron chi connectivity index (χ2n) is 5.15. The largest absolute Gasteiger partial charge is 0.391 e. The highest BCUT2D eigenvalue weighted by molar-refractivity contribution is 5.29. The number of benzene rings is 1. The molecule has 0 bridgehead atoms. The van der Waals surface area contributed by atoms with E-state index < -0.39 is 23.8 Å². The highest BCUT2D eigenvalue weighted by Crippen LogP contribution is 2.34. The molecule has 1 aliphatic carbocycles. The third-order valence-corrected chi connectivity index (χ3v) is 3.90. The highest BCUT2D eigenvalue weighted by atomic mass is 19.1. The smallest absolute Gasteiger partial charge is 0.133 e. The first kappa shape index (κ1) is 13.4. The fourth-order valence-electron chi connectivity index (χ4n) is 2.75. The van der Waals surface area contributed by atoms with Gasteiger partial charge in [-0.1, -0.05) is 18.9 Å². The summed E-state index contributed by atoms with van der Waals surface area (Å²) in [6.07, 6.45) is 2.98. The lowest BCUT2D eigenvalue weighted by molar-refractivity contribution is 0.0819. The topological polar surface area (TPSA) is 46.2 Å². The highest BCUT2D eigenvalue weighted by Gasteiger charge is 2.32. The van der Waals surface area contributed by atoms with Crippen LogP contribution in [-0.2, 0) is 0 Å². The minimum Gasteiger partial charge on any atom is -0.391 e. The minimum atomic E-state index is -0.993. The molecule has 3 N–H and O–H groups in total. The lowest BCUT2D eigenvalue weighted by atomic mass is 9.89. The lowest BCUT2D eigenvalue weighted by Crippen LogP contribution is -2.33. The van der Waals surface area contributed by atoms with Crippen LogP contribution in [0.2, 0.25) is 0 Å². The molecule has 1 fully saturated rings. The lowest BCUT2D eigenvalue weighted by Gasteiger charge is -2.25. The first-order valence-electron chi connectivity index (χ1n) is 6.40. The third-order valence-electron chi connectivity index (χ3n) is 3.90. The van der Waals surface area contributed by atoms with Crippen LogP contribution in [0.15, 0.2) is 12.1 Å². The number of aryl methyl sites for hydroxylation is 1. The van der Waals surface area contributed by atoms with Gasteiger partial charge in [-0.15, -0.1) is 0 Å². The fourth-order valence-corrected chi connectivity index (χ4v) is 2.75. The van der Waals surface area contributed by atoms with E-state index in [1.165, 1.54) is 12.1 Å². The van der Waals surface area contributed by atoms with Gasteiger partial charge < -0.3 is 10.8 Å². The summed E-state index contributed by atoms with van der Waals surface area (Å²) in [5.41, 5.74) is 6.02. The van der Waals surface area contributed by atoms with Crippen LogP contribution in [0, 0.1) is 24.5 Å². The number of halogens is 2. The summed E-state index contributed by atoms with van der Waals surface area (Å²) in [4.78, 5) is 0. The molecule has 18 heavy (non-hydrogen) atoms. The quantitative estimate of drug-likeness (QED) is 0.872. The molecule has 0 amide bonds. The zero-order valence-corrected chi connectivity index (χ0v) is 10.5. The Hall–Kier alpha value is -1.00. The molecule has 4 heteroatoms. The second-order valence-corrected chi connectivity index (χ2v) is 5.15. The van der Waals surface area contributed by atoms with E-state index in [4.69, 9.17) is 5.73 Å². The molecule has 0 unspecified atom stereocenters. The zero-order valence-electron chi connectivity index (χ0n) is 10.5. The van der Waals surface area contributed by atoms with E-state index in [0.717, 1.165) is 25.7 Å². The van der Waals surface area contributed by atoms with Crippen molar-refractivity contribution in [1.29, 1.82) is 0 Å². The number of hydrogen-bond donors (Lipinski definition) is 2. The molecule has 100 valence electrons. The summed E-state index contributed by atoms with van der Waals surface area (Å²) in [5.74, 6) is -1.26. The molecule has 0 radical (unpaired) electrons. The van der Waals surface area contributed by atoms with Gasteiger partial charge in [0.05, 0.1) is 12.1 Å². The molecular formula is C14H19F2NO. The van der Waals surface area contributed by atoms with Gasteiger partial charge in [0.1, 0.15) is 11.6 Å². The Morgan fingerprint density at radius 1 is 1.28 bits per heavy atom. The molecule has 1 saturated carbocycles. The second kappa shape index (κ2) is 5.33. The molecular weight excluding hydrogens is 236 g/mol. The summed E-state index contributed by atoms with van der Waals surface area (Å²) in [5, 5.41) is 10.2. The van der Waals surface area contributed by atoms with Crippen LogP contribution in [0.4, 0.5) is 8.78 Å². The van der Waals surface area contributed by atoms with Gasteiger partial charge in [-0.3, -0.25) is 0 Å². The number of aliphatic hydroxyl groups is 1. The van der Waals surface area contributed by atoms with Crippen molar-refractivity contribution in [2.75, 3.05) is 0 Å². The van der Waals surface area contributed by atoms with E-state index in [1.54, 1.807) is 6.92 Å². The van der Waals surface area contributed by atoms with E-state index in [1.807, 2.05) is 0 Å². The molecule has 0 spiro atoms. The maximum atomic E-state index is 13.9. The van der Waals surface area contributed by atoms with Crippen LogP contribution in [0.1, 0.15) is 42.9 Å². The van der Waals surface area contributed by atoms with Gasteiger partial charge in [-0.05, 0) is 37.3 Å². The Morgan fingerprint density at radius 2 is 1.89 bits per heavy atom. The number of aliphatic hydroxyl groups excluding tert-OH is 1. The Balaban J connectivity index is 2.27. The Kier molecular flexibility index (Phi) is 3.97. The van der Waals surface area contributed by atoms with Crippen molar-refractivity contribution in [2.45, 2.75) is 44.8 Å². The van der Waals surface area contributed by atoms with Gasteiger partial charge in [0.2, 0.25) is 0 Å². The Morgan fingerprint density at radius 3 is 2.50 bits per heavy atom. The molecule has 0 aliphatic heterocycles. The number of rotatable bonds is 3. The maximum Gasteiger partial charge on any atom is 0.133 e. The van der Waals surface area contributed by atoms with Crippen LogP contribution in [0.25, 0.3) is 0 Å². The van der Waals surface area contributed by atoms with E-state index in [9.17, 15) is 13.9 Å². The van der Waals surface area contributed by atoms with Crippen LogP contribution in [-0.4, -0.2) is 11.2 Å². The van der Waals surface area contributed by atoms with Crippen LogP contribution in [0.3, 0.4) is 0 Å². The van der Waals surface area contributed by atoms with Crippen molar-refractivity contribution < 1.29 is 13.9 Å². The summed E-state index contributed by atoms with van der Waals surface area (Å²) < 4.78 is 27.6. The van der Waals surface area contributed by atoms with Gasteiger partial charge in [-0.2, -0.15) is 0 Å². The Labute approximate surface area is 106 Å². The van der Waals surface area contributed by atoms with Crippen LogP contribution < -0.4 is 5.73 Å². The molecule has 1 aromatic carbocycles. The van der Waals surface area contributed by atoms with Gasteiger partial charge in [0, 0.05) is 5.56 Å². The normalized spacial score (nSPS) is 20.1. The molecule has 2 rings (SSSR count). The number of hydrogen-bond acceptors (Lipinski definition) is 2. The van der Waals surface area contributed by atoms with E-state index in [2.05, 4.69) is 0 Å². The average Bonchev–Trinajstić information content (AvgIpc) is 2.87. The predicted molar refractivity (Wildman–Crippen MR) is 66.0 cm³/mol. The van der Waals surface area contributed by atoms with Gasteiger partial charge in [0.15, 0.2) is 0 Å². The monoisotopic (exact) mass is 255 g/mol. The molecule has 2 nitrogen and oxygen atoms in total. The summed E-state index contributed by atoms with van der Waals surface area (Å²) >= 11 is 0. The molecule has 0 heterocycles. The van der Waals surface area contributed by atoms with Gasteiger partial charge in [-0.25, -0.2) is 8.78 Å². The SMILES string of the molecule is Cc1ccc(F)c([C@@H](N)[C@@H](O)C2CCCC2)c1F. The molecule has 0 saturated heterocycles. The van der Waals surface area contributed by atoms with Crippen molar-refractivity contribution in [1.82, 2.24) is 0 Å². The summed E-state index contributed by atoms with van der Waals surface area (Å²) in [6.45, 7) is 1.56. The summed E-state index contributed by atoms with van der Waals surface area (Å²) in [7, 11) is 0. The number of nitrogens with two attached hydrogens (primary N) is 1. The van der Waals surface area contributed by atoms with Gasteiger partial charge in [0.25, 0.3) is 0 Å². The van der Waals surface area contributed by atoms with E-state index in [0.29, 0.717) is 5.56 Å². The molecule has 1 aromatic rings. The Bertz CT molecular complexity index is 430. The van der Waals surface area contributed by atoms with Gasteiger partial charge >= 0.3 is 0 Å². The maximum absolute atomic E-state index is 13.9. The van der Waals surface area contributed by atoms with Crippen LogP contribution in [0.5, 0.6) is 0 Å². The van der Waals surface area contributed by atoms with E-state index >= 15 is 0 Å². The predicted octanol–water partition coefficient (Wildman–Crippen LogP) is 2.82. The van der Waals surface area contributed by atoms with Crippen molar-refractivity contribution in [3.8, 4) is 0 Å². The first-order chi connectivity index (χ1) is 8.52. The molecule has 1 aliphatic rings. The molecule has 2 atom stereocenters. The first-order valence-corrected chi connectivity index (χ1v) is 6.40. The summed E-state index contributed by atoms with van der Waals surface area (Å²) in [6, 6.07) is 1.59. The minimum absolute atomic E-state index is 0.0549. The standard InChI is InChI=1S/C14H19F2NO/c1-8-6-7-10(15)11(12(8)16)13(17)14(18)9-4-2-3-5-9/h6-7,9,13-14,18H,2-5,17H2,1H3/t13-,14+/m1/s1. The molecule has 0 aromatic heterocycles. The van der Waals surface area contributed by atoms with Crippen molar-refractivity contribution in [3.63, 3.8) is 0 Å². The fraction of sp³-hybridized carbons (Fsp3) is 0.571. The third kappa shape index (κ3) is 2.40. The van der Waals surface area contributed by atoms with Crippen molar-refractivity contribution >= 4 is 0 Å². The van der Waals surface area contributed by atoms with Crippen molar-refractivity contribution in [2.24, 2.45) is 11.7 Å². The van der Waals surface area contributed by atoms with E-state index in [-0.39, 0.29) is 11.5 Å². The van der Waals surface area contributed by atoms with Crippen molar-refractivity contribution in [3.05, 3.63) is 34.9 Å². The van der Waals surface area contributed by atoms with Crippen LogP contribution >= 0.6 is 0 Å².